The Hall–Kier alpha value is -0.830. The van der Waals surface area contributed by atoms with Crippen LogP contribution in [-0.2, 0) is 4.74 Å². The van der Waals surface area contributed by atoms with Crippen molar-refractivity contribution in [1.29, 1.82) is 0 Å². The summed E-state index contributed by atoms with van der Waals surface area (Å²) in [6.07, 6.45) is 4.69. The highest BCUT2D eigenvalue weighted by Gasteiger charge is 2.23. The lowest BCUT2D eigenvalue weighted by Crippen LogP contribution is -2.28. The molecule has 3 nitrogen and oxygen atoms in total. The average Bonchev–Trinajstić information content (AvgIpc) is 2.57. The van der Waals surface area contributed by atoms with Gasteiger partial charge in [0.1, 0.15) is 0 Å². The molecule has 65 valence electrons. The fraction of sp³-hybridized carbons (Fsp3) is 0.667. The van der Waals surface area contributed by atoms with Gasteiger partial charge >= 0.3 is 0 Å². The minimum absolute atomic E-state index is 0.505. The van der Waals surface area contributed by atoms with Crippen LogP contribution in [0.2, 0.25) is 0 Å². The Morgan fingerprint density at radius 1 is 1.67 bits per heavy atom. The van der Waals surface area contributed by atoms with E-state index in [0.717, 1.165) is 19.6 Å². The molecule has 1 saturated heterocycles. The summed E-state index contributed by atoms with van der Waals surface area (Å²) in [5, 5.41) is 4.20. The molecule has 1 aliphatic heterocycles. The molecule has 3 heteroatoms. The number of rotatable bonds is 1. The van der Waals surface area contributed by atoms with Gasteiger partial charge in [0.15, 0.2) is 0 Å². The fourth-order valence-electron chi connectivity index (χ4n) is 1.69. The smallest absolute Gasteiger partial charge is 0.0588 e. The lowest BCUT2D eigenvalue weighted by Gasteiger charge is -2.28. The van der Waals surface area contributed by atoms with Crippen molar-refractivity contribution in [1.82, 2.24) is 9.78 Å². The number of nitrogens with zero attached hydrogens (tertiary/aromatic N) is 2. The average molecular weight is 165 g/mol. The Morgan fingerprint density at radius 2 is 2.58 bits per heavy atom. The molecule has 2 rings (SSSR count). The van der Waals surface area contributed by atoms with Crippen molar-refractivity contribution in [2.45, 2.75) is 19.4 Å². The molecule has 0 bridgehead atoms. The van der Waals surface area contributed by atoms with Crippen LogP contribution < -0.4 is 0 Å². The molecular formula is C9H13N2O. The minimum atomic E-state index is 0.505. The fourth-order valence-corrected chi connectivity index (χ4v) is 1.69. The molecule has 0 saturated carbocycles. The van der Waals surface area contributed by atoms with Crippen LogP contribution in [-0.4, -0.2) is 23.0 Å². The van der Waals surface area contributed by atoms with Gasteiger partial charge in [-0.2, -0.15) is 5.10 Å². The largest absolute Gasteiger partial charge is 0.381 e. The van der Waals surface area contributed by atoms with Gasteiger partial charge in [0.25, 0.3) is 0 Å². The van der Waals surface area contributed by atoms with Gasteiger partial charge < -0.3 is 4.74 Å². The van der Waals surface area contributed by atoms with E-state index in [2.05, 4.69) is 18.1 Å². The second kappa shape index (κ2) is 3.27. The Morgan fingerprint density at radius 3 is 3.25 bits per heavy atom. The van der Waals surface area contributed by atoms with Crippen LogP contribution in [0.5, 0.6) is 0 Å². The first kappa shape index (κ1) is 7.80. The van der Waals surface area contributed by atoms with Crippen molar-refractivity contribution in [2.75, 3.05) is 13.2 Å². The van der Waals surface area contributed by atoms with E-state index in [0.29, 0.717) is 12.0 Å². The summed E-state index contributed by atoms with van der Waals surface area (Å²) in [6, 6.07) is 3.46. The Bertz CT molecular complexity index is 233. The van der Waals surface area contributed by atoms with Crippen molar-refractivity contribution >= 4 is 0 Å². The zero-order chi connectivity index (χ0) is 8.39. The summed E-state index contributed by atoms with van der Waals surface area (Å²) in [6.45, 7) is 3.91. The second-order valence-corrected chi connectivity index (χ2v) is 3.33. The summed E-state index contributed by atoms with van der Waals surface area (Å²) in [5.41, 5.74) is 0. The topological polar surface area (TPSA) is 27.1 Å². The summed E-state index contributed by atoms with van der Waals surface area (Å²) in [4.78, 5) is 0. The van der Waals surface area contributed by atoms with Crippen LogP contribution >= 0.6 is 0 Å². The monoisotopic (exact) mass is 165 g/mol. The summed E-state index contributed by atoms with van der Waals surface area (Å²) >= 11 is 0. The van der Waals surface area contributed by atoms with Gasteiger partial charge in [-0.1, -0.05) is 6.92 Å². The number of hydrogen-bond donors (Lipinski definition) is 0. The minimum Gasteiger partial charge on any atom is -0.381 e. The molecule has 0 aromatic carbocycles. The van der Waals surface area contributed by atoms with Gasteiger partial charge in [-0.25, -0.2) is 0 Å². The summed E-state index contributed by atoms with van der Waals surface area (Å²) in [7, 11) is 0. The van der Waals surface area contributed by atoms with Crippen molar-refractivity contribution in [2.24, 2.45) is 5.92 Å². The lowest BCUT2D eigenvalue weighted by atomic mass is 9.98. The van der Waals surface area contributed by atoms with E-state index in [1.165, 1.54) is 0 Å². The molecule has 0 spiro atoms. The number of hydrogen-bond acceptors (Lipinski definition) is 2. The summed E-state index contributed by atoms with van der Waals surface area (Å²) in [5.74, 6) is 0.562. The van der Waals surface area contributed by atoms with Crippen molar-refractivity contribution in [3.05, 3.63) is 18.5 Å². The van der Waals surface area contributed by atoms with Crippen LogP contribution in [0.15, 0.2) is 12.4 Å². The molecule has 0 amide bonds. The quantitative estimate of drug-likeness (QED) is 0.626. The first-order valence-electron chi connectivity index (χ1n) is 4.36. The molecular weight excluding hydrogens is 152 g/mol. The van der Waals surface area contributed by atoms with E-state index in [-0.39, 0.29) is 0 Å². The standard InChI is InChI=1S/C9H13N2O/c1-8-7-12-6-3-9(8)11-5-2-4-10-11/h4-5,8-9H,3,6-7H2,1H3. The van der Waals surface area contributed by atoms with Crippen LogP contribution in [0.4, 0.5) is 0 Å². The Kier molecular flexibility index (Phi) is 2.13. The van der Waals surface area contributed by atoms with Crippen LogP contribution in [0.3, 0.4) is 0 Å². The van der Waals surface area contributed by atoms with Crippen molar-refractivity contribution in [3.8, 4) is 0 Å². The van der Waals surface area contributed by atoms with Crippen LogP contribution in [0.1, 0.15) is 19.4 Å². The van der Waals surface area contributed by atoms with Crippen molar-refractivity contribution in [3.63, 3.8) is 0 Å². The molecule has 0 N–H and O–H groups in total. The Labute approximate surface area is 72.3 Å². The van der Waals surface area contributed by atoms with Gasteiger partial charge in [-0.05, 0) is 6.42 Å². The van der Waals surface area contributed by atoms with E-state index >= 15 is 0 Å². The zero-order valence-electron chi connectivity index (χ0n) is 7.23. The molecule has 1 aromatic rings. The SMILES string of the molecule is CC1COCCC1n1c[c]cn1. The molecule has 1 aromatic heterocycles. The maximum atomic E-state index is 5.36. The molecule has 0 aliphatic carbocycles. The first-order chi connectivity index (χ1) is 5.88. The highest BCUT2D eigenvalue weighted by atomic mass is 16.5. The first-order valence-corrected chi connectivity index (χ1v) is 4.36. The van der Waals surface area contributed by atoms with Crippen LogP contribution in [0, 0.1) is 12.0 Å². The van der Waals surface area contributed by atoms with Crippen LogP contribution in [0.25, 0.3) is 0 Å². The molecule has 1 fully saturated rings. The van der Waals surface area contributed by atoms with E-state index in [4.69, 9.17) is 4.74 Å². The van der Waals surface area contributed by atoms with E-state index in [1.807, 2.05) is 10.9 Å². The van der Waals surface area contributed by atoms with Gasteiger partial charge in [0, 0.05) is 24.8 Å². The number of ether oxygens (including phenoxy) is 1. The molecule has 2 atom stereocenters. The molecule has 12 heavy (non-hydrogen) atoms. The molecule has 1 aliphatic rings. The van der Waals surface area contributed by atoms with Gasteiger partial charge in [-0.3, -0.25) is 4.68 Å². The maximum Gasteiger partial charge on any atom is 0.0588 e. The summed E-state index contributed by atoms with van der Waals surface area (Å²) < 4.78 is 7.35. The van der Waals surface area contributed by atoms with E-state index in [1.54, 1.807) is 6.20 Å². The predicted molar refractivity (Wildman–Crippen MR) is 44.7 cm³/mol. The highest BCUT2D eigenvalue weighted by molar-refractivity contribution is 4.82. The second-order valence-electron chi connectivity index (χ2n) is 3.33. The predicted octanol–water partition coefficient (Wildman–Crippen LogP) is 1.28. The maximum absolute atomic E-state index is 5.36. The zero-order valence-corrected chi connectivity index (χ0v) is 7.23. The molecule has 1 radical (unpaired) electrons. The molecule has 2 heterocycles. The Balaban J connectivity index is 2.11. The third-order valence-electron chi connectivity index (χ3n) is 2.41. The van der Waals surface area contributed by atoms with E-state index < -0.39 is 0 Å². The lowest BCUT2D eigenvalue weighted by molar-refractivity contribution is 0.0250. The van der Waals surface area contributed by atoms with Gasteiger partial charge in [0.05, 0.1) is 18.8 Å². The number of aromatic nitrogens is 2. The normalized spacial score (nSPS) is 30.4. The molecule has 2 unspecified atom stereocenters. The third kappa shape index (κ3) is 1.37. The third-order valence-corrected chi connectivity index (χ3v) is 2.41. The highest BCUT2D eigenvalue weighted by Crippen LogP contribution is 2.24. The van der Waals surface area contributed by atoms with E-state index in [9.17, 15) is 0 Å². The van der Waals surface area contributed by atoms with Gasteiger partial charge in [0.2, 0.25) is 0 Å². The van der Waals surface area contributed by atoms with Crippen molar-refractivity contribution < 1.29 is 4.74 Å². The van der Waals surface area contributed by atoms with Gasteiger partial charge in [-0.15, -0.1) is 0 Å².